The van der Waals surface area contributed by atoms with E-state index in [2.05, 4.69) is 20.9 Å². The molecule has 0 atom stereocenters. The molecule has 0 aromatic rings. The summed E-state index contributed by atoms with van der Waals surface area (Å²) < 4.78 is 0. The summed E-state index contributed by atoms with van der Waals surface area (Å²) in [4.78, 5) is 26.5. The Morgan fingerprint density at radius 1 is 0.722 bits per heavy atom. The molecule has 2 aliphatic rings. The molecule has 0 saturated carbocycles. The summed E-state index contributed by atoms with van der Waals surface area (Å²) in [5.41, 5.74) is 0. The summed E-state index contributed by atoms with van der Waals surface area (Å²) in [7, 11) is 0. The highest BCUT2D eigenvalue weighted by atomic mass is 16.2. The Hall–Kier alpha value is -1.54. The summed E-state index contributed by atoms with van der Waals surface area (Å²) in [5, 5.41) is 13.3. The quantitative estimate of drug-likeness (QED) is 0.570. The van der Waals surface area contributed by atoms with Crippen molar-refractivity contribution in [2.75, 3.05) is 52.4 Å². The average Bonchev–Trinajstić information content (AvgIpc) is 2.46. The van der Waals surface area contributed by atoms with E-state index < -0.39 is 12.1 Å². The summed E-state index contributed by atoms with van der Waals surface area (Å²) in [6.45, 7) is 5.47. The number of azo groups is 1. The first kappa shape index (κ1) is 12.9. The van der Waals surface area contributed by atoms with Gasteiger partial charge in [0.15, 0.2) is 0 Å². The number of carbonyl (C=O) groups is 2. The van der Waals surface area contributed by atoms with Crippen LogP contribution in [-0.2, 0) is 0 Å². The molecule has 2 rings (SSSR count). The molecule has 100 valence electrons. The minimum absolute atomic E-state index is 0.431. The Kier molecular flexibility index (Phi) is 4.59. The molecule has 0 radical (unpaired) electrons. The van der Waals surface area contributed by atoms with Crippen LogP contribution in [-0.4, -0.2) is 74.2 Å². The van der Waals surface area contributed by atoms with Crippen LogP contribution in [0.15, 0.2) is 10.2 Å². The lowest BCUT2D eigenvalue weighted by Crippen LogP contribution is -2.46. The van der Waals surface area contributed by atoms with Gasteiger partial charge in [0.05, 0.1) is 0 Å². The Balaban J connectivity index is 1.81. The fourth-order valence-electron chi connectivity index (χ4n) is 1.92. The van der Waals surface area contributed by atoms with Crippen molar-refractivity contribution in [1.29, 1.82) is 0 Å². The third kappa shape index (κ3) is 3.47. The first-order valence-corrected chi connectivity index (χ1v) is 6.18. The molecule has 0 aromatic carbocycles. The molecule has 0 aliphatic carbocycles. The van der Waals surface area contributed by atoms with Crippen LogP contribution in [0.3, 0.4) is 0 Å². The van der Waals surface area contributed by atoms with Crippen molar-refractivity contribution in [3.05, 3.63) is 0 Å². The maximum absolute atomic E-state index is 11.6. The van der Waals surface area contributed by atoms with Crippen LogP contribution in [0.25, 0.3) is 0 Å². The van der Waals surface area contributed by atoms with Gasteiger partial charge in [-0.15, -0.1) is 0 Å². The van der Waals surface area contributed by atoms with Gasteiger partial charge in [0, 0.05) is 52.4 Å². The van der Waals surface area contributed by atoms with Crippen LogP contribution in [0.1, 0.15) is 0 Å². The van der Waals surface area contributed by atoms with Crippen LogP contribution in [0.2, 0.25) is 0 Å². The van der Waals surface area contributed by atoms with Gasteiger partial charge in [-0.25, -0.2) is 9.59 Å². The fourth-order valence-corrected chi connectivity index (χ4v) is 1.92. The van der Waals surface area contributed by atoms with Crippen molar-refractivity contribution in [2.24, 2.45) is 10.2 Å². The van der Waals surface area contributed by atoms with Gasteiger partial charge in [0.2, 0.25) is 0 Å². The van der Waals surface area contributed by atoms with E-state index in [0.29, 0.717) is 26.2 Å². The molecule has 2 aliphatic heterocycles. The van der Waals surface area contributed by atoms with Crippen molar-refractivity contribution < 1.29 is 9.59 Å². The zero-order valence-electron chi connectivity index (χ0n) is 10.3. The van der Waals surface area contributed by atoms with Crippen LogP contribution >= 0.6 is 0 Å². The second-order valence-electron chi connectivity index (χ2n) is 4.24. The normalized spacial score (nSPS) is 21.3. The van der Waals surface area contributed by atoms with E-state index in [1.807, 2.05) is 0 Å². The molecular weight excluding hydrogens is 236 g/mol. The van der Waals surface area contributed by atoms with E-state index >= 15 is 0 Å². The molecule has 2 N–H and O–H groups in total. The average molecular weight is 254 g/mol. The van der Waals surface area contributed by atoms with Crippen molar-refractivity contribution in [1.82, 2.24) is 20.4 Å². The standard InChI is InChI=1S/C10H18N6O2/c17-9(15-5-1-11-2-6-15)13-14-10(18)16-7-3-12-4-8-16/h11-12H,1-8H2. The maximum atomic E-state index is 11.6. The topological polar surface area (TPSA) is 89.4 Å². The van der Waals surface area contributed by atoms with E-state index in [9.17, 15) is 9.59 Å². The van der Waals surface area contributed by atoms with Gasteiger partial charge in [-0.2, -0.15) is 0 Å². The second kappa shape index (κ2) is 6.41. The molecule has 0 aromatic heterocycles. The molecule has 18 heavy (non-hydrogen) atoms. The third-order valence-electron chi connectivity index (χ3n) is 3.00. The minimum Gasteiger partial charge on any atom is -0.319 e. The van der Waals surface area contributed by atoms with Gasteiger partial charge in [-0.1, -0.05) is 10.2 Å². The van der Waals surface area contributed by atoms with Crippen molar-refractivity contribution in [3.8, 4) is 0 Å². The highest BCUT2D eigenvalue weighted by molar-refractivity contribution is 5.79. The van der Waals surface area contributed by atoms with E-state index in [1.165, 1.54) is 0 Å². The first-order chi connectivity index (χ1) is 8.77. The van der Waals surface area contributed by atoms with Gasteiger partial charge in [0.25, 0.3) is 0 Å². The van der Waals surface area contributed by atoms with E-state index in [0.717, 1.165) is 26.2 Å². The van der Waals surface area contributed by atoms with E-state index in [1.54, 1.807) is 9.80 Å². The number of nitrogens with zero attached hydrogens (tertiary/aromatic N) is 4. The molecule has 0 spiro atoms. The van der Waals surface area contributed by atoms with Gasteiger partial charge < -0.3 is 20.4 Å². The van der Waals surface area contributed by atoms with Crippen molar-refractivity contribution in [2.45, 2.75) is 0 Å². The molecule has 2 heterocycles. The Morgan fingerprint density at radius 3 is 1.39 bits per heavy atom. The van der Waals surface area contributed by atoms with Crippen LogP contribution < -0.4 is 10.6 Å². The molecule has 2 saturated heterocycles. The maximum Gasteiger partial charge on any atom is 0.362 e. The lowest BCUT2D eigenvalue weighted by molar-refractivity contribution is 0.190. The molecule has 2 fully saturated rings. The van der Waals surface area contributed by atoms with E-state index in [-0.39, 0.29) is 0 Å². The monoisotopic (exact) mass is 254 g/mol. The van der Waals surface area contributed by atoms with Gasteiger partial charge >= 0.3 is 12.1 Å². The predicted octanol–water partition coefficient (Wildman–Crippen LogP) is -0.511. The molecular formula is C10H18N6O2. The second-order valence-corrected chi connectivity index (χ2v) is 4.24. The number of hydrogen-bond donors (Lipinski definition) is 2. The smallest absolute Gasteiger partial charge is 0.319 e. The van der Waals surface area contributed by atoms with E-state index in [4.69, 9.17) is 0 Å². The fraction of sp³-hybridized carbons (Fsp3) is 0.800. The van der Waals surface area contributed by atoms with Crippen LogP contribution in [0.5, 0.6) is 0 Å². The number of piperazine rings is 2. The Bertz CT molecular complexity index is 301. The third-order valence-corrected chi connectivity index (χ3v) is 3.00. The summed E-state index contributed by atoms with van der Waals surface area (Å²) >= 11 is 0. The van der Waals surface area contributed by atoms with Gasteiger partial charge in [-0.3, -0.25) is 0 Å². The molecule has 8 heteroatoms. The minimum atomic E-state index is -0.431. The lowest BCUT2D eigenvalue weighted by Gasteiger charge is -2.26. The van der Waals surface area contributed by atoms with Crippen molar-refractivity contribution in [3.63, 3.8) is 0 Å². The van der Waals surface area contributed by atoms with Gasteiger partial charge in [-0.05, 0) is 0 Å². The number of carbonyl (C=O) groups excluding carboxylic acids is 2. The summed E-state index contributed by atoms with van der Waals surface area (Å²) in [6, 6.07) is -0.861. The van der Waals surface area contributed by atoms with Gasteiger partial charge in [0.1, 0.15) is 0 Å². The molecule has 4 amide bonds. The molecule has 8 nitrogen and oxygen atoms in total. The summed E-state index contributed by atoms with van der Waals surface area (Å²) in [6.07, 6.45) is 0. The highest BCUT2D eigenvalue weighted by Gasteiger charge is 2.18. The lowest BCUT2D eigenvalue weighted by atomic mass is 10.4. The number of hydrogen-bond acceptors (Lipinski definition) is 4. The zero-order chi connectivity index (χ0) is 12.8. The predicted molar refractivity (Wildman–Crippen MR) is 64.5 cm³/mol. The Labute approximate surface area is 105 Å². The number of urea groups is 2. The van der Waals surface area contributed by atoms with Crippen molar-refractivity contribution >= 4 is 12.1 Å². The zero-order valence-corrected chi connectivity index (χ0v) is 10.3. The largest absolute Gasteiger partial charge is 0.362 e. The number of rotatable bonds is 0. The van der Waals surface area contributed by atoms with Crippen LogP contribution in [0, 0.1) is 0 Å². The first-order valence-electron chi connectivity index (χ1n) is 6.18. The number of nitrogens with one attached hydrogen (secondary N) is 2. The number of amides is 4. The molecule has 0 unspecified atom stereocenters. The SMILES string of the molecule is O=C(N=NC(=O)N1CCNCC1)N1CCNCC1. The van der Waals surface area contributed by atoms with Crippen LogP contribution in [0.4, 0.5) is 9.59 Å². The summed E-state index contributed by atoms with van der Waals surface area (Å²) in [5.74, 6) is 0. The Morgan fingerprint density at radius 2 is 1.06 bits per heavy atom. The highest BCUT2D eigenvalue weighted by Crippen LogP contribution is 2.00. The molecule has 0 bridgehead atoms.